The number of hydrogen-bond acceptors (Lipinski definition) is 3. The van der Waals surface area contributed by atoms with Crippen molar-refractivity contribution in [3.05, 3.63) is 29.6 Å². The summed E-state index contributed by atoms with van der Waals surface area (Å²) >= 11 is 0. The van der Waals surface area contributed by atoms with Crippen molar-refractivity contribution in [1.82, 2.24) is 15.5 Å². The van der Waals surface area contributed by atoms with Crippen LogP contribution in [0.25, 0.3) is 0 Å². The molecule has 0 saturated carbocycles. The summed E-state index contributed by atoms with van der Waals surface area (Å²) in [6.45, 7) is 4.66. The molecule has 3 rings (SSSR count). The summed E-state index contributed by atoms with van der Waals surface area (Å²) in [7, 11) is 0. The lowest BCUT2D eigenvalue weighted by atomic mass is 10.0. The van der Waals surface area contributed by atoms with Gasteiger partial charge in [0.2, 0.25) is 0 Å². The number of halogens is 1. The molecule has 5 nitrogen and oxygen atoms in total. The predicted molar refractivity (Wildman–Crippen MR) is 86.1 cm³/mol. The molecule has 2 amide bonds. The minimum absolute atomic E-state index is 0.00700. The Labute approximate surface area is 136 Å². The third-order valence-corrected chi connectivity index (χ3v) is 4.48. The van der Waals surface area contributed by atoms with Gasteiger partial charge in [-0.3, -0.25) is 0 Å². The number of ether oxygens (including phenoxy) is 1. The number of amides is 2. The Kier molecular flexibility index (Phi) is 5.00. The average Bonchev–Trinajstić information content (AvgIpc) is 2.91. The molecule has 0 bridgehead atoms. The lowest BCUT2D eigenvalue weighted by molar-refractivity contribution is 0.208. The predicted octanol–water partition coefficient (Wildman–Crippen LogP) is 2.43. The molecular weight excluding hydrogens is 297 g/mol. The van der Waals surface area contributed by atoms with Gasteiger partial charge in [-0.25, -0.2) is 9.18 Å². The van der Waals surface area contributed by atoms with Crippen LogP contribution in [0.4, 0.5) is 9.18 Å². The highest BCUT2D eigenvalue weighted by Gasteiger charge is 2.29. The third-order valence-electron chi connectivity index (χ3n) is 4.48. The monoisotopic (exact) mass is 321 g/mol. The number of carbonyl (C=O) groups is 1. The maximum absolute atomic E-state index is 13.6. The van der Waals surface area contributed by atoms with Crippen LogP contribution in [-0.2, 0) is 0 Å². The van der Waals surface area contributed by atoms with Crippen molar-refractivity contribution in [2.24, 2.45) is 0 Å². The zero-order chi connectivity index (χ0) is 16.2. The van der Waals surface area contributed by atoms with Crippen LogP contribution in [0.1, 0.15) is 37.8 Å². The number of carbonyl (C=O) groups excluding carboxylic acids is 1. The zero-order valence-corrected chi connectivity index (χ0v) is 13.5. The molecule has 23 heavy (non-hydrogen) atoms. The quantitative estimate of drug-likeness (QED) is 0.899. The first-order valence-corrected chi connectivity index (χ1v) is 8.38. The smallest absolute Gasteiger partial charge is 0.317 e. The Bertz CT molecular complexity index is 567. The second-order valence-electron chi connectivity index (χ2n) is 6.16. The Morgan fingerprint density at radius 3 is 3.13 bits per heavy atom. The van der Waals surface area contributed by atoms with Gasteiger partial charge in [0, 0.05) is 37.3 Å². The molecule has 0 aromatic heterocycles. The van der Waals surface area contributed by atoms with Gasteiger partial charge in [0.15, 0.2) is 0 Å². The van der Waals surface area contributed by atoms with Gasteiger partial charge in [0.1, 0.15) is 11.6 Å². The van der Waals surface area contributed by atoms with Crippen molar-refractivity contribution in [2.45, 2.75) is 38.3 Å². The second-order valence-corrected chi connectivity index (χ2v) is 6.16. The topological polar surface area (TPSA) is 53.6 Å². The van der Waals surface area contributed by atoms with Gasteiger partial charge in [-0.1, -0.05) is 0 Å². The number of urea groups is 1. The summed E-state index contributed by atoms with van der Waals surface area (Å²) in [6.07, 6.45) is 2.76. The summed E-state index contributed by atoms with van der Waals surface area (Å²) in [4.78, 5) is 13.7. The van der Waals surface area contributed by atoms with Crippen molar-refractivity contribution < 1.29 is 13.9 Å². The lowest BCUT2D eigenvalue weighted by Gasteiger charge is -2.23. The van der Waals surface area contributed by atoms with E-state index in [4.69, 9.17) is 4.74 Å². The second kappa shape index (κ2) is 7.17. The maximum atomic E-state index is 13.6. The zero-order valence-electron chi connectivity index (χ0n) is 13.5. The van der Waals surface area contributed by atoms with E-state index in [1.807, 2.05) is 11.8 Å². The van der Waals surface area contributed by atoms with E-state index in [1.165, 1.54) is 6.07 Å². The van der Waals surface area contributed by atoms with Crippen LogP contribution >= 0.6 is 0 Å². The molecule has 1 fully saturated rings. The van der Waals surface area contributed by atoms with Crippen LogP contribution < -0.4 is 15.4 Å². The van der Waals surface area contributed by atoms with Crippen molar-refractivity contribution in [2.75, 3.05) is 26.2 Å². The number of rotatable bonds is 3. The highest BCUT2D eigenvalue weighted by Crippen LogP contribution is 2.33. The first kappa shape index (κ1) is 16.1. The molecule has 126 valence electrons. The third kappa shape index (κ3) is 3.75. The Balaban J connectivity index is 1.67. The Morgan fingerprint density at radius 2 is 2.30 bits per heavy atom. The van der Waals surface area contributed by atoms with Crippen LogP contribution in [0.15, 0.2) is 18.2 Å². The normalized spacial score (nSPS) is 23.8. The van der Waals surface area contributed by atoms with Crippen LogP contribution in [0.2, 0.25) is 0 Å². The Morgan fingerprint density at radius 1 is 1.43 bits per heavy atom. The number of hydrogen-bond donors (Lipinski definition) is 2. The van der Waals surface area contributed by atoms with Crippen molar-refractivity contribution in [3.8, 4) is 5.75 Å². The molecule has 2 aliphatic heterocycles. The van der Waals surface area contributed by atoms with Crippen LogP contribution in [0, 0.1) is 5.82 Å². The Hall–Kier alpha value is -1.82. The van der Waals surface area contributed by atoms with Crippen LogP contribution in [0.5, 0.6) is 5.75 Å². The molecular formula is C17H24FN3O2. The standard InChI is InChI=1S/C17H24FN3O2/c1-2-19-17(22)21-8-7-13(11-21)20-15-4-3-9-23-16-6-5-12(18)10-14(15)16/h5-6,10,13,15,20H,2-4,7-9,11H2,1H3,(H,19,22). The van der Waals surface area contributed by atoms with E-state index < -0.39 is 0 Å². The fourth-order valence-electron chi connectivity index (χ4n) is 3.35. The van der Waals surface area contributed by atoms with Gasteiger partial charge in [0.05, 0.1) is 6.61 Å². The minimum atomic E-state index is -0.239. The maximum Gasteiger partial charge on any atom is 0.317 e. The summed E-state index contributed by atoms with van der Waals surface area (Å²) < 4.78 is 19.3. The van der Waals surface area contributed by atoms with Gasteiger partial charge in [-0.2, -0.15) is 0 Å². The van der Waals surface area contributed by atoms with E-state index >= 15 is 0 Å². The van der Waals surface area contributed by atoms with E-state index in [2.05, 4.69) is 10.6 Å². The molecule has 0 spiro atoms. The number of benzene rings is 1. The van der Waals surface area contributed by atoms with Crippen molar-refractivity contribution in [3.63, 3.8) is 0 Å². The molecule has 6 heteroatoms. The van der Waals surface area contributed by atoms with Gasteiger partial charge < -0.3 is 20.3 Å². The largest absolute Gasteiger partial charge is 0.493 e. The molecule has 1 saturated heterocycles. The molecule has 0 aliphatic carbocycles. The SMILES string of the molecule is CCNC(=O)N1CCC(NC2CCCOc3ccc(F)cc32)C1. The molecule has 1 aromatic carbocycles. The number of fused-ring (bicyclic) bond motifs is 1. The first-order chi connectivity index (χ1) is 11.2. The van der Waals surface area contributed by atoms with Gasteiger partial charge in [-0.15, -0.1) is 0 Å². The summed E-state index contributed by atoms with van der Waals surface area (Å²) in [5.74, 6) is 0.524. The number of nitrogens with one attached hydrogen (secondary N) is 2. The average molecular weight is 321 g/mol. The molecule has 2 aliphatic rings. The summed E-state index contributed by atoms with van der Waals surface area (Å²) in [5, 5.41) is 6.43. The molecule has 1 aromatic rings. The molecule has 0 radical (unpaired) electrons. The van der Waals surface area contributed by atoms with Crippen molar-refractivity contribution >= 4 is 6.03 Å². The lowest BCUT2D eigenvalue weighted by Crippen LogP contribution is -2.41. The highest BCUT2D eigenvalue weighted by molar-refractivity contribution is 5.74. The fraction of sp³-hybridized carbons (Fsp3) is 0.588. The van der Waals surface area contributed by atoms with E-state index in [0.717, 1.165) is 37.1 Å². The van der Waals surface area contributed by atoms with E-state index in [9.17, 15) is 9.18 Å². The van der Waals surface area contributed by atoms with E-state index in [1.54, 1.807) is 12.1 Å². The van der Waals surface area contributed by atoms with E-state index in [0.29, 0.717) is 19.7 Å². The van der Waals surface area contributed by atoms with Crippen molar-refractivity contribution in [1.29, 1.82) is 0 Å². The fourth-order valence-corrected chi connectivity index (χ4v) is 3.35. The summed E-state index contributed by atoms with van der Waals surface area (Å²) in [5.41, 5.74) is 0.888. The van der Waals surface area contributed by atoms with E-state index in [-0.39, 0.29) is 23.9 Å². The number of likely N-dealkylation sites (tertiary alicyclic amines) is 1. The molecule has 2 unspecified atom stereocenters. The minimum Gasteiger partial charge on any atom is -0.493 e. The summed E-state index contributed by atoms with van der Waals surface area (Å²) in [6, 6.07) is 5.01. The van der Waals surface area contributed by atoms with Crippen LogP contribution in [0.3, 0.4) is 0 Å². The molecule has 2 N–H and O–H groups in total. The van der Waals surface area contributed by atoms with Gasteiger partial charge in [-0.05, 0) is 44.4 Å². The van der Waals surface area contributed by atoms with Gasteiger partial charge in [0.25, 0.3) is 0 Å². The molecule has 2 heterocycles. The van der Waals surface area contributed by atoms with Crippen LogP contribution in [-0.4, -0.2) is 43.2 Å². The highest BCUT2D eigenvalue weighted by atomic mass is 19.1. The number of nitrogens with zero attached hydrogens (tertiary/aromatic N) is 1. The molecule has 2 atom stereocenters. The first-order valence-electron chi connectivity index (χ1n) is 8.38. The van der Waals surface area contributed by atoms with Gasteiger partial charge >= 0.3 is 6.03 Å².